The number of aryl methyl sites for hydroxylation is 1. The molecule has 0 aromatic carbocycles. The fraction of sp³-hybridized carbons (Fsp3) is 0.591. The van der Waals surface area contributed by atoms with Crippen molar-refractivity contribution in [2.45, 2.75) is 63.8 Å². The van der Waals surface area contributed by atoms with Crippen LogP contribution in [0.2, 0.25) is 0 Å². The van der Waals surface area contributed by atoms with E-state index in [4.69, 9.17) is 15.2 Å². The Hall–Kier alpha value is -2.21. The monoisotopic (exact) mass is 383 g/mol. The molecule has 2 N–H and O–H groups in total. The Morgan fingerprint density at radius 1 is 1.18 bits per heavy atom. The highest BCUT2D eigenvalue weighted by Crippen LogP contribution is 2.53. The summed E-state index contributed by atoms with van der Waals surface area (Å²) >= 11 is 0. The molecule has 2 bridgehead atoms. The van der Waals surface area contributed by atoms with Gasteiger partial charge in [0.05, 0.1) is 30.3 Å². The molecule has 6 heteroatoms. The zero-order chi connectivity index (χ0) is 19.8. The van der Waals surface area contributed by atoms with Gasteiger partial charge in [0.1, 0.15) is 0 Å². The average Bonchev–Trinajstić information content (AvgIpc) is 2.72. The van der Waals surface area contributed by atoms with Gasteiger partial charge in [0.25, 0.3) is 0 Å². The van der Waals surface area contributed by atoms with Gasteiger partial charge in [0.2, 0.25) is 5.88 Å². The molecule has 150 valence electrons. The maximum absolute atomic E-state index is 12.6. The highest BCUT2D eigenvalue weighted by atomic mass is 16.5. The third-order valence-corrected chi connectivity index (χ3v) is 6.86. The van der Waals surface area contributed by atoms with E-state index in [1.54, 1.807) is 19.4 Å². The predicted molar refractivity (Wildman–Crippen MR) is 107 cm³/mol. The van der Waals surface area contributed by atoms with Crippen LogP contribution < -0.4 is 10.5 Å². The fourth-order valence-corrected chi connectivity index (χ4v) is 4.91. The maximum Gasteiger partial charge on any atom is 0.340 e. The maximum atomic E-state index is 12.6. The molecule has 5 rings (SSSR count). The Bertz CT molecular complexity index is 871. The Balaban J connectivity index is 1.68. The molecule has 3 fully saturated rings. The number of carbonyl (C=O) groups is 1. The Labute approximate surface area is 165 Å². The highest BCUT2D eigenvalue weighted by molar-refractivity contribution is 5.96. The number of hydrogen-bond acceptors (Lipinski definition) is 6. The van der Waals surface area contributed by atoms with E-state index in [-0.39, 0.29) is 11.5 Å². The van der Waals surface area contributed by atoms with Crippen molar-refractivity contribution in [3.05, 3.63) is 29.5 Å². The summed E-state index contributed by atoms with van der Waals surface area (Å²) in [6.45, 7) is 2.15. The van der Waals surface area contributed by atoms with Gasteiger partial charge in [-0.3, -0.25) is 4.98 Å². The number of methoxy groups -OCH3 is 1. The normalized spacial score (nSPS) is 26.4. The lowest BCUT2D eigenvalue weighted by Crippen LogP contribution is -2.51. The predicted octanol–water partition coefficient (Wildman–Crippen LogP) is 3.80. The van der Waals surface area contributed by atoms with Crippen LogP contribution in [-0.2, 0) is 11.2 Å². The third kappa shape index (κ3) is 3.46. The van der Waals surface area contributed by atoms with E-state index in [2.05, 4.69) is 9.97 Å². The molecule has 28 heavy (non-hydrogen) atoms. The van der Waals surface area contributed by atoms with Gasteiger partial charge in [-0.25, -0.2) is 9.78 Å². The lowest BCUT2D eigenvalue weighted by Gasteiger charge is -2.52. The molecule has 0 amide bonds. The molecule has 2 aromatic heterocycles. The van der Waals surface area contributed by atoms with Gasteiger partial charge < -0.3 is 15.2 Å². The quantitative estimate of drug-likeness (QED) is 0.764. The van der Waals surface area contributed by atoms with Crippen LogP contribution in [0, 0.1) is 5.41 Å². The molecular formula is C22H29N3O3. The summed E-state index contributed by atoms with van der Waals surface area (Å²) in [5, 5.41) is 0. The second kappa shape index (κ2) is 7.32. The van der Waals surface area contributed by atoms with Gasteiger partial charge in [0.15, 0.2) is 0 Å². The largest absolute Gasteiger partial charge is 0.481 e. The second-order valence-corrected chi connectivity index (χ2v) is 8.45. The van der Waals surface area contributed by atoms with Gasteiger partial charge in [-0.05, 0) is 75.3 Å². The van der Waals surface area contributed by atoms with Crippen LogP contribution in [0.4, 0.5) is 0 Å². The van der Waals surface area contributed by atoms with Crippen molar-refractivity contribution in [1.29, 1.82) is 0 Å². The number of rotatable bonds is 6. The smallest absolute Gasteiger partial charge is 0.340 e. The van der Waals surface area contributed by atoms with E-state index in [9.17, 15) is 4.79 Å². The summed E-state index contributed by atoms with van der Waals surface area (Å²) in [5.41, 5.74) is 9.83. The van der Waals surface area contributed by atoms with Crippen LogP contribution in [0.25, 0.3) is 11.0 Å². The van der Waals surface area contributed by atoms with Crippen molar-refractivity contribution in [3.63, 3.8) is 0 Å². The first kappa shape index (κ1) is 19.1. The van der Waals surface area contributed by atoms with Gasteiger partial charge in [-0.2, -0.15) is 0 Å². The van der Waals surface area contributed by atoms with Crippen LogP contribution in [-0.4, -0.2) is 35.2 Å². The lowest BCUT2D eigenvalue weighted by molar-refractivity contribution is 0.0375. The summed E-state index contributed by atoms with van der Waals surface area (Å²) < 4.78 is 10.6. The Kier molecular flexibility index (Phi) is 5.00. The summed E-state index contributed by atoms with van der Waals surface area (Å²) in [5.74, 6) is 0.195. The van der Waals surface area contributed by atoms with Crippen LogP contribution in [0.15, 0.2) is 18.3 Å². The van der Waals surface area contributed by atoms with Crippen molar-refractivity contribution in [1.82, 2.24) is 9.97 Å². The number of pyridine rings is 2. The molecule has 2 aromatic rings. The van der Waals surface area contributed by atoms with Gasteiger partial charge in [0, 0.05) is 17.8 Å². The molecule has 3 aliphatic rings. The number of esters is 1. The van der Waals surface area contributed by atoms with Gasteiger partial charge >= 0.3 is 5.97 Å². The number of ether oxygens (including phenoxy) is 2. The van der Waals surface area contributed by atoms with Gasteiger partial charge in [-0.1, -0.05) is 0 Å². The SMILES string of the molecule is CCOC(=O)c1cnc2ccc(OC)nc2c1CCC12CCC(N)(CC1)CC2. The minimum Gasteiger partial charge on any atom is -0.481 e. The molecule has 3 aliphatic carbocycles. The average molecular weight is 383 g/mol. The first-order chi connectivity index (χ1) is 13.5. The number of nitrogens with two attached hydrogens (primary N) is 1. The first-order valence-electron chi connectivity index (χ1n) is 10.3. The summed E-state index contributed by atoms with van der Waals surface area (Å²) in [7, 11) is 1.60. The number of hydrogen-bond donors (Lipinski definition) is 1. The van der Waals surface area contributed by atoms with Crippen molar-refractivity contribution in [2.75, 3.05) is 13.7 Å². The third-order valence-electron chi connectivity index (χ3n) is 6.86. The number of carbonyl (C=O) groups excluding carboxylic acids is 1. The minimum atomic E-state index is -0.331. The molecule has 0 saturated heterocycles. The van der Waals surface area contributed by atoms with E-state index in [0.717, 1.165) is 48.7 Å². The molecule has 0 spiro atoms. The second-order valence-electron chi connectivity index (χ2n) is 8.45. The summed E-state index contributed by atoms with van der Waals surface area (Å²) in [4.78, 5) is 21.6. The minimum absolute atomic E-state index is 0.0656. The number of nitrogens with zero attached hydrogens (tertiary/aromatic N) is 2. The molecule has 3 saturated carbocycles. The number of fused-ring (bicyclic) bond motifs is 4. The van der Waals surface area contributed by atoms with Crippen LogP contribution >= 0.6 is 0 Å². The molecule has 0 unspecified atom stereocenters. The molecule has 6 nitrogen and oxygen atoms in total. The fourth-order valence-electron chi connectivity index (χ4n) is 4.91. The van der Waals surface area contributed by atoms with Crippen LogP contribution in [0.3, 0.4) is 0 Å². The van der Waals surface area contributed by atoms with E-state index in [0.29, 0.717) is 23.5 Å². The zero-order valence-corrected chi connectivity index (χ0v) is 16.8. The molecular weight excluding hydrogens is 354 g/mol. The van der Waals surface area contributed by atoms with Crippen molar-refractivity contribution >= 4 is 17.0 Å². The lowest BCUT2D eigenvalue weighted by atomic mass is 9.56. The van der Waals surface area contributed by atoms with E-state index in [1.165, 1.54) is 19.3 Å². The number of aromatic nitrogens is 2. The molecule has 2 heterocycles. The Morgan fingerprint density at radius 2 is 1.89 bits per heavy atom. The summed E-state index contributed by atoms with van der Waals surface area (Å²) in [6, 6.07) is 3.69. The van der Waals surface area contributed by atoms with Crippen molar-refractivity contribution < 1.29 is 14.3 Å². The van der Waals surface area contributed by atoms with E-state index < -0.39 is 0 Å². The molecule has 0 radical (unpaired) electrons. The molecule has 0 aliphatic heterocycles. The van der Waals surface area contributed by atoms with E-state index >= 15 is 0 Å². The molecule has 0 atom stereocenters. The van der Waals surface area contributed by atoms with Gasteiger partial charge in [-0.15, -0.1) is 0 Å². The Morgan fingerprint density at radius 3 is 2.54 bits per heavy atom. The van der Waals surface area contributed by atoms with Crippen LogP contribution in [0.1, 0.15) is 67.8 Å². The van der Waals surface area contributed by atoms with Crippen LogP contribution in [0.5, 0.6) is 5.88 Å². The topological polar surface area (TPSA) is 87.3 Å². The first-order valence-corrected chi connectivity index (χ1v) is 10.3. The van der Waals surface area contributed by atoms with Crippen molar-refractivity contribution in [3.8, 4) is 5.88 Å². The van der Waals surface area contributed by atoms with Crippen molar-refractivity contribution in [2.24, 2.45) is 11.1 Å². The highest BCUT2D eigenvalue weighted by Gasteiger charge is 2.46. The summed E-state index contributed by atoms with van der Waals surface area (Å²) in [6.07, 6.45) is 10.3. The van der Waals surface area contributed by atoms with E-state index in [1.807, 2.05) is 13.0 Å². The zero-order valence-electron chi connectivity index (χ0n) is 16.8. The standard InChI is InChI=1S/C22H29N3O3/c1-3-28-20(26)16-14-24-17-4-5-18(27-2)25-19(17)15(16)6-7-21-8-11-22(23,12-9-21)13-10-21/h4-5,14H,3,6-13,23H2,1-2H3.